The fourth-order valence-electron chi connectivity index (χ4n) is 0.826. The standard InChI is InChI=1S/C3H3N5O6/c9-6(10)3-1-4(7(11)12)2-5(3)8(13)14/h1H,2H2. The van der Waals surface area contributed by atoms with Crippen molar-refractivity contribution >= 4 is 0 Å². The molecule has 0 atom stereocenters. The number of hydrogen-bond donors (Lipinski definition) is 0. The van der Waals surface area contributed by atoms with Gasteiger partial charge in [-0.2, -0.15) is 0 Å². The van der Waals surface area contributed by atoms with Crippen LogP contribution in [0.2, 0.25) is 0 Å². The lowest BCUT2D eigenvalue weighted by Gasteiger charge is -2.00. The lowest BCUT2D eigenvalue weighted by molar-refractivity contribution is -0.701. The van der Waals surface area contributed by atoms with E-state index >= 15 is 0 Å². The summed E-state index contributed by atoms with van der Waals surface area (Å²) in [4.78, 5) is 29.5. The van der Waals surface area contributed by atoms with Crippen molar-refractivity contribution in [1.29, 1.82) is 0 Å². The van der Waals surface area contributed by atoms with Gasteiger partial charge in [-0.25, -0.2) is 20.2 Å². The van der Waals surface area contributed by atoms with E-state index in [0.717, 1.165) is 0 Å². The van der Waals surface area contributed by atoms with Crippen molar-refractivity contribution in [2.24, 2.45) is 0 Å². The number of nitro groups is 3. The molecule has 11 heteroatoms. The third-order valence-electron chi connectivity index (χ3n) is 1.40. The third-order valence-corrected chi connectivity index (χ3v) is 1.40. The lowest BCUT2D eigenvalue weighted by atomic mass is 10.8. The van der Waals surface area contributed by atoms with Crippen molar-refractivity contribution in [3.8, 4) is 0 Å². The maximum Gasteiger partial charge on any atom is 0.407 e. The molecule has 0 radical (unpaired) electrons. The van der Waals surface area contributed by atoms with Crippen molar-refractivity contribution in [3.05, 3.63) is 42.4 Å². The molecule has 0 saturated carbocycles. The molecule has 0 aromatic carbocycles. The molecule has 0 aliphatic carbocycles. The zero-order valence-electron chi connectivity index (χ0n) is 6.47. The molecule has 0 saturated heterocycles. The maximum absolute atomic E-state index is 10.2. The van der Waals surface area contributed by atoms with Gasteiger partial charge in [-0.3, -0.25) is 0 Å². The zero-order chi connectivity index (χ0) is 10.9. The predicted octanol–water partition coefficient (Wildman–Crippen LogP) is -0.980. The summed E-state index contributed by atoms with van der Waals surface area (Å²) in [6.45, 7) is -0.781. The Hall–Kier alpha value is -2.46. The smallest absolute Gasteiger partial charge is 0.358 e. The molecule has 11 nitrogen and oxygen atoms in total. The molecular weight excluding hydrogens is 202 g/mol. The highest BCUT2D eigenvalue weighted by Crippen LogP contribution is 2.15. The average Bonchev–Trinajstić information content (AvgIpc) is 2.47. The summed E-state index contributed by atoms with van der Waals surface area (Å²) >= 11 is 0. The second kappa shape index (κ2) is 3.12. The minimum absolute atomic E-state index is 0.0722. The van der Waals surface area contributed by atoms with Crippen LogP contribution in [0.4, 0.5) is 0 Å². The van der Waals surface area contributed by atoms with Crippen LogP contribution in [0.5, 0.6) is 0 Å². The molecule has 76 valence electrons. The van der Waals surface area contributed by atoms with Crippen LogP contribution >= 0.6 is 0 Å². The first-order valence-corrected chi connectivity index (χ1v) is 3.12. The highest BCUT2D eigenvalue weighted by atomic mass is 16.7. The van der Waals surface area contributed by atoms with E-state index in [-0.39, 0.29) is 10.0 Å². The topological polar surface area (TPSA) is 136 Å². The van der Waals surface area contributed by atoms with E-state index in [1.54, 1.807) is 0 Å². The summed E-state index contributed by atoms with van der Waals surface area (Å²) in [5.74, 6) is -0.938. The molecule has 0 amide bonds. The average molecular weight is 205 g/mol. The molecule has 0 unspecified atom stereocenters. The molecule has 0 aromatic heterocycles. The SMILES string of the molecule is O=[N+]([O-])C1=CN([N+](=O)[O-])CN1[N+](=O)[O-]. The Morgan fingerprint density at radius 2 is 1.71 bits per heavy atom. The van der Waals surface area contributed by atoms with Gasteiger partial charge in [0.2, 0.25) is 5.03 Å². The van der Waals surface area contributed by atoms with Gasteiger partial charge in [-0.05, 0) is 9.93 Å². The lowest BCUT2D eigenvalue weighted by Crippen LogP contribution is -2.35. The Morgan fingerprint density at radius 1 is 1.14 bits per heavy atom. The van der Waals surface area contributed by atoms with Crippen LogP contribution in [0.25, 0.3) is 0 Å². The molecule has 0 fully saturated rings. The van der Waals surface area contributed by atoms with Gasteiger partial charge in [0.1, 0.15) is 0 Å². The minimum atomic E-state index is -1.09. The van der Waals surface area contributed by atoms with Gasteiger partial charge in [0.25, 0.3) is 6.67 Å². The molecule has 14 heavy (non-hydrogen) atoms. The van der Waals surface area contributed by atoms with E-state index in [0.29, 0.717) is 6.20 Å². The van der Waals surface area contributed by atoms with E-state index < -0.39 is 27.5 Å². The predicted molar refractivity (Wildman–Crippen MR) is 37.6 cm³/mol. The summed E-state index contributed by atoms with van der Waals surface area (Å²) in [5.41, 5.74) is 0. The molecule has 0 spiro atoms. The van der Waals surface area contributed by atoms with E-state index in [1.165, 1.54) is 0 Å². The van der Waals surface area contributed by atoms with Crippen molar-refractivity contribution in [3.63, 3.8) is 0 Å². The summed E-state index contributed by atoms with van der Waals surface area (Å²) in [6, 6.07) is 0. The van der Waals surface area contributed by atoms with Gasteiger partial charge in [0.05, 0.1) is 5.01 Å². The number of rotatable bonds is 3. The fourth-order valence-corrected chi connectivity index (χ4v) is 0.826. The van der Waals surface area contributed by atoms with Crippen LogP contribution in [0.15, 0.2) is 12.0 Å². The number of hydrogen-bond acceptors (Lipinski definition) is 6. The number of nitrogens with zero attached hydrogens (tertiary/aromatic N) is 5. The molecule has 1 rings (SSSR count). The van der Waals surface area contributed by atoms with Gasteiger partial charge in [0.15, 0.2) is 11.2 Å². The zero-order valence-corrected chi connectivity index (χ0v) is 6.47. The van der Waals surface area contributed by atoms with E-state index in [4.69, 9.17) is 0 Å². The monoisotopic (exact) mass is 205 g/mol. The van der Waals surface area contributed by atoms with Gasteiger partial charge in [-0.15, -0.1) is 0 Å². The number of hydrazine groups is 2. The normalized spacial score (nSPS) is 15.3. The molecule has 0 bridgehead atoms. The Kier molecular flexibility index (Phi) is 2.14. The van der Waals surface area contributed by atoms with Gasteiger partial charge < -0.3 is 10.1 Å². The van der Waals surface area contributed by atoms with Gasteiger partial charge in [0, 0.05) is 0 Å². The minimum Gasteiger partial charge on any atom is -0.358 e. The second-order valence-electron chi connectivity index (χ2n) is 2.20. The highest BCUT2D eigenvalue weighted by molar-refractivity contribution is 4.91. The van der Waals surface area contributed by atoms with Crippen molar-refractivity contribution in [1.82, 2.24) is 10.0 Å². The van der Waals surface area contributed by atoms with Crippen LogP contribution in [-0.2, 0) is 0 Å². The Morgan fingerprint density at radius 3 is 2.00 bits per heavy atom. The van der Waals surface area contributed by atoms with E-state index in [9.17, 15) is 30.3 Å². The quantitative estimate of drug-likeness (QED) is 0.423. The largest absolute Gasteiger partial charge is 0.407 e. The summed E-state index contributed by atoms with van der Waals surface area (Å²) in [5, 5.41) is 28.9. The molecular formula is C3H3N5O6. The van der Waals surface area contributed by atoms with Crippen LogP contribution in [0.3, 0.4) is 0 Å². The van der Waals surface area contributed by atoms with Crippen LogP contribution < -0.4 is 0 Å². The molecule has 1 heterocycles. The van der Waals surface area contributed by atoms with Crippen molar-refractivity contribution in [2.45, 2.75) is 0 Å². The maximum atomic E-state index is 10.2. The first-order chi connectivity index (χ1) is 6.43. The summed E-state index contributed by atoms with van der Waals surface area (Å²) in [6.07, 6.45) is 0.489. The second-order valence-corrected chi connectivity index (χ2v) is 2.20. The molecule has 1 aliphatic heterocycles. The summed E-state index contributed by atoms with van der Waals surface area (Å²) in [7, 11) is 0. The summed E-state index contributed by atoms with van der Waals surface area (Å²) < 4.78 is 0. The molecule has 0 aromatic rings. The van der Waals surface area contributed by atoms with Crippen LogP contribution in [0, 0.1) is 30.3 Å². The van der Waals surface area contributed by atoms with E-state index in [1.807, 2.05) is 0 Å². The first-order valence-electron chi connectivity index (χ1n) is 3.12. The Labute approximate surface area is 75.2 Å². The van der Waals surface area contributed by atoms with E-state index in [2.05, 4.69) is 0 Å². The van der Waals surface area contributed by atoms with Crippen LogP contribution in [0.1, 0.15) is 0 Å². The Balaban J connectivity index is 2.95. The van der Waals surface area contributed by atoms with Crippen molar-refractivity contribution < 1.29 is 15.0 Å². The van der Waals surface area contributed by atoms with Gasteiger partial charge >= 0.3 is 5.82 Å². The van der Waals surface area contributed by atoms with Crippen LogP contribution in [-0.4, -0.2) is 31.7 Å². The first kappa shape index (κ1) is 9.63. The molecule has 0 N–H and O–H groups in total. The van der Waals surface area contributed by atoms with Crippen molar-refractivity contribution in [2.75, 3.05) is 6.67 Å². The Bertz CT molecular complexity index is 336. The highest BCUT2D eigenvalue weighted by Gasteiger charge is 2.45. The molecule has 1 aliphatic rings. The fraction of sp³-hybridized carbons (Fsp3) is 0.333. The van der Waals surface area contributed by atoms with Gasteiger partial charge in [-0.1, -0.05) is 0 Å². The third kappa shape index (κ3) is 1.50.